The maximum absolute atomic E-state index is 12.1. The molecule has 3 nitrogen and oxygen atoms in total. The Balaban J connectivity index is 2.58. The van der Waals surface area contributed by atoms with Gasteiger partial charge in [0.15, 0.2) is 0 Å². The fraction of sp³-hybridized carbons (Fsp3) is 1.00. The van der Waals surface area contributed by atoms with E-state index in [1.54, 1.807) is 0 Å². The van der Waals surface area contributed by atoms with Gasteiger partial charge < -0.3 is 0 Å². The second-order valence-electron chi connectivity index (χ2n) is 4.32. The second kappa shape index (κ2) is 6.04. The SMILES string of the molecule is O=S(=O)(OC1CCCCCCCC1)C(F)(F)F. The summed E-state index contributed by atoms with van der Waals surface area (Å²) in [5.41, 5.74) is -5.31. The third-order valence-electron chi connectivity index (χ3n) is 2.85. The zero-order valence-electron chi connectivity index (χ0n) is 9.50. The lowest BCUT2D eigenvalue weighted by molar-refractivity contribution is -0.0579. The van der Waals surface area contributed by atoms with Gasteiger partial charge in [0.05, 0.1) is 6.10 Å². The first-order valence-electron chi connectivity index (χ1n) is 5.82. The molecule has 1 aliphatic carbocycles. The highest BCUT2D eigenvalue weighted by Gasteiger charge is 2.48. The van der Waals surface area contributed by atoms with Crippen LogP contribution in [0.4, 0.5) is 13.2 Å². The van der Waals surface area contributed by atoms with Crippen molar-refractivity contribution in [2.24, 2.45) is 0 Å². The summed E-state index contributed by atoms with van der Waals surface area (Å²) in [5, 5.41) is 0. The minimum atomic E-state index is -5.44. The number of rotatable bonds is 2. The van der Waals surface area contributed by atoms with E-state index < -0.39 is 21.7 Å². The van der Waals surface area contributed by atoms with E-state index in [0.29, 0.717) is 12.8 Å². The van der Waals surface area contributed by atoms with E-state index in [2.05, 4.69) is 4.18 Å². The standard InChI is InChI=1S/C10H17F3O3S/c11-10(12,13)17(14,15)16-9-7-5-3-1-2-4-6-8-9/h9H,1-8H2. The predicted molar refractivity (Wildman–Crippen MR) is 56.8 cm³/mol. The molecule has 102 valence electrons. The Morgan fingerprint density at radius 1 is 0.882 bits per heavy atom. The maximum Gasteiger partial charge on any atom is 0.523 e. The molecule has 0 amide bonds. The second-order valence-corrected chi connectivity index (χ2v) is 5.88. The molecule has 0 heterocycles. The summed E-state index contributed by atoms with van der Waals surface area (Å²) in [5.74, 6) is 0. The smallest absolute Gasteiger partial charge is 0.260 e. The quantitative estimate of drug-likeness (QED) is 0.573. The average Bonchev–Trinajstić information content (AvgIpc) is 2.29. The largest absolute Gasteiger partial charge is 0.523 e. The van der Waals surface area contributed by atoms with Crippen molar-refractivity contribution in [2.45, 2.75) is 63.0 Å². The Morgan fingerprint density at radius 2 is 1.29 bits per heavy atom. The fourth-order valence-electron chi connectivity index (χ4n) is 1.93. The Labute approximate surface area is 99.5 Å². The van der Waals surface area contributed by atoms with Crippen LogP contribution in [-0.2, 0) is 14.3 Å². The highest BCUT2D eigenvalue weighted by atomic mass is 32.2. The summed E-state index contributed by atoms with van der Waals surface area (Å²) >= 11 is 0. The van der Waals surface area contributed by atoms with Crippen LogP contribution in [-0.4, -0.2) is 20.0 Å². The van der Waals surface area contributed by atoms with E-state index in [1.807, 2.05) is 0 Å². The van der Waals surface area contributed by atoms with Gasteiger partial charge in [0, 0.05) is 0 Å². The number of hydrogen-bond donors (Lipinski definition) is 0. The predicted octanol–water partition coefficient (Wildman–Crippen LogP) is 3.36. The van der Waals surface area contributed by atoms with E-state index in [9.17, 15) is 21.6 Å². The Hall–Kier alpha value is -0.300. The minimum absolute atomic E-state index is 0.384. The van der Waals surface area contributed by atoms with Crippen LogP contribution >= 0.6 is 0 Å². The van der Waals surface area contributed by atoms with Crippen molar-refractivity contribution in [2.75, 3.05) is 0 Å². The van der Waals surface area contributed by atoms with E-state index >= 15 is 0 Å². The first-order valence-corrected chi connectivity index (χ1v) is 7.23. The van der Waals surface area contributed by atoms with Crippen LogP contribution in [0.3, 0.4) is 0 Å². The molecule has 0 aromatic rings. The molecular weight excluding hydrogens is 257 g/mol. The van der Waals surface area contributed by atoms with Crippen LogP contribution in [0.2, 0.25) is 0 Å². The number of halogens is 3. The first-order chi connectivity index (χ1) is 7.83. The van der Waals surface area contributed by atoms with Gasteiger partial charge >= 0.3 is 15.6 Å². The molecular formula is C10H17F3O3S. The molecule has 0 aliphatic heterocycles. The van der Waals surface area contributed by atoms with E-state index in [0.717, 1.165) is 38.5 Å². The van der Waals surface area contributed by atoms with Crippen molar-refractivity contribution in [1.82, 2.24) is 0 Å². The van der Waals surface area contributed by atoms with Crippen LogP contribution < -0.4 is 0 Å². The van der Waals surface area contributed by atoms with Crippen molar-refractivity contribution >= 4 is 10.1 Å². The Kier molecular flexibility index (Phi) is 5.24. The summed E-state index contributed by atoms with van der Waals surface area (Å²) in [7, 11) is -5.44. The van der Waals surface area contributed by atoms with Gasteiger partial charge in [-0.1, -0.05) is 38.5 Å². The summed E-state index contributed by atoms with van der Waals surface area (Å²) in [4.78, 5) is 0. The third-order valence-corrected chi connectivity index (χ3v) is 3.94. The Morgan fingerprint density at radius 3 is 1.71 bits per heavy atom. The van der Waals surface area contributed by atoms with Gasteiger partial charge in [-0.25, -0.2) is 0 Å². The normalized spacial score (nSPS) is 21.6. The van der Waals surface area contributed by atoms with Gasteiger partial charge in [0.25, 0.3) is 0 Å². The van der Waals surface area contributed by atoms with Gasteiger partial charge in [-0.2, -0.15) is 21.6 Å². The molecule has 1 rings (SSSR count). The fourth-order valence-corrected chi connectivity index (χ4v) is 2.59. The van der Waals surface area contributed by atoms with Gasteiger partial charge in [-0.05, 0) is 12.8 Å². The van der Waals surface area contributed by atoms with Crippen molar-refractivity contribution in [3.8, 4) is 0 Å². The summed E-state index contributed by atoms with van der Waals surface area (Å²) in [6.45, 7) is 0. The zero-order chi connectivity index (χ0) is 12.9. The molecule has 0 aromatic carbocycles. The minimum Gasteiger partial charge on any atom is -0.260 e. The molecule has 17 heavy (non-hydrogen) atoms. The molecule has 0 unspecified atom stereocenters. The van der Waals surface area contributed by atoms with Gasteiger partial charge in [-0.15, -0.1) is 0 Å². The van der Waals surface area contributed by atoms with Crippen LogP contribution in [0.5, 0.6) is 0 Å². The van der Waals surface area contributed by atoms with Crippen LogP contribution in [0.1, 0.15) is 51.4 Å². The van der Waals surface area contributed by atoms with Crippen LogP contribution in [0.15, 0.2) is 0 Å². The zero-order valence-corrected chi connectivity index (χ0v) is 10.3. The van der Waals surface area contributed by atoms with Crippen LogP contribution in [0.25, 0.3) is 0 Å². The van der Waals surface area contributed by atoms with Crippen LogP contribution in [0, 0.1) is 0 Å². The molecule has 0 radical (unpaired) electrons. The highest BCUT2D eigenvalue weighted by molar-refractivity contribution is 7.87. The van der Waals surface area contributed by atoms with Crippen molar-refractivity contribution < 1.29 is 25.8 Å². The van der Waals surface area contributed by atoms with Crippen molar-refractivity contribution in [3.05, 3.63) is 0 Å². The van der Waals surface area contributed by atoms with Gasteiger partial charge in [-0.3, -0.25) is 4.18 Å². The molecule has 0 aromatic heterocycles. The summed E-state index contributed by atoms with van der Waals surface area (Å²) in [6, 6.07) is 0. The lowest BCUT2D eigenvalue weighted by Crippen LogP contribution is -2.30. The topological polar surface area (TPSA) is 43.4 Å². The molecule has 1 fully saturated rings. The molecule has 0 saturated heterocycles. The highest BCUT2D eigenvalue weighted by Crippen LogP contribution is 2.28. The number of alkyl halides is 3. The monoisotopic (exact) mass is 274 g/mol. The van der Waals surface area contributed by atoms with E-state index in [1.165, 1.54) is 0 Å². The molecule has 7 heteroatoms. The summed E-state index contributed by atoms with van der Waals surface area (Å²) < 4.78 is 62.4. The number of hydrogen-bond acceptors (Lipinski definition) is 3. The molecule has 0 bridgehead atoms. The maximum atomic E-state index is 12.1. The lowest BCUT2D eigenvalue weighted by Gasteiger charge is -2.17. The Bertz CT molecular complexity index is 314. The van der Waals surface area contributed by atoms with Gasteiger partial charge in [0.2, 0.25) is 0 Å². The van der Waals surface area contributed by atoms with Gasteiger partial charge in [0.1, 0.15) is 0 Å². The van der Waals surface area contributed by atoms with Crippen molar-refractivity contribution in [3.63, 3.8) is 0 Å². The van der Waals surface area contributed by atoms with E-state index in [4.69, 9.17) is 0 Å². The third kappa shape index (κ3) is 4.83. The average molecular weight is 274 g/mol. The molecule has 1 aliphatic rings. The van der Waals surface area contributed by atoms with E-state index in [-0.39, 0.29) is 0 Å². The molecule has 0 spiro atoms. The molecule has 1 saturated carbocycles. The lowest BCUT2D eigenvalue weighted by atomic mass is 10.1. The molecule has 0 atom stereocenters. The molecule has 0 N–H and O–H groups in total. The summed E-state index contributed by atoms with van der Waals surface area (Å²) in [6.07, 6.45) is 5.34. The first kappa shape index (κ1) is 14.8. The van der Waals surface area contributed by atoms with Crippen molar-refractivity contribution in [1.29, 1.82) is 0 Å².